The smallest absolute Gasteiger partial charge is 0.158 e. The summed E-state index contributed by atoms with van der Waals surface area (Å²) in [5.41, 5.74) is 6.85. The number of anilines is 1. The number of nitrogens with one attached hydrogen (secondary N) is 1. The molecule has 3 N–H and O–H groups in total. The van der Waals surface area contributed by atoms with Gasteiger partial charge in [0.2, 0.25) is 0 Å². The molecule has 1 aliphatic heterocycles. The van der Waals surface area contributed by atoms with Crippen LogP contribution in [0.2, 0.25) is 0 Å². The second-order valence-electron chi connectivity index (χ2n) is 5.01. The zero-order valence-electron chi connectivity index (χ0n) is 10.6. The van der Waals surface area contributed by atoms with Gasteiger partial charge in [-0.25, -0.2) is 0 Å². The summed E-state index contributed by atoms with van der Waals surface area (Å²) in [7, 11) is 0. The van der Waals surface area contributed by atoms with Crippen LogP contribution in [-0.2, 0) is 0 Å². The molecule has 1 aliphatic rings. The van der Waals surface area contributed by atoms with Crippen LogP contribution in [0.25, 0.3) is 10.9 Å². The third-order valence-electron chi connectivity index (χ3n) is 3.85. The number of aromatic amines is 1. The number of rotatable bonds is 3. The topological polar surface area (TPSA) is 57.9 Å². The molecule has 0 radical (unpaired) electrons. The zero-order chi connectivity index (χ0) is 12.4. The Bertz CT molecular complexity index is 517. The average Bonchev–Trinajstić information content (AvgIpc) is 2.84. The van der Waals surface area contributed by atoms with Crippen molar-refractivity contribution in [1.82, 2.24) is 10.2 Å². The molecule has 1 unspecified atom stereocenters. The van der Waals surface area contributed by atoms with Crippen molar-refractivity contribution in [2.45, 2.75) is 31.7 Å². The van der Waals surface area contributed by atoms with Gasteiger partial charge in [0.25, 0.3) is 0 Å². The van der Waals surface area contributed by atoms with E-state index in [-0.39, 0.29) is 0 Å². The van der Waals surface area contributed by atoms with E-state index in [9.17, 15) is 0 Å². The average molecular weight is 244 g/mol. The molecular weight excluding hydrogens is 224 g/mol. The van der Waals surface area contributed by atoms with E-state index < -0.39 is 0 Å². The number of para-hydroxylation sites is 1. The fraction of sp³-hybridized carbons (Fsp3) is 0.500. The van der Waals surface area contributed by atoms with E-state index in [0.29, 0.717) is 6.04 Å². The summed E-state index contributed by atoms with van der Waals surface area (Å²) >= 11 is 0. The van der Waals surface area contributed by atoms with Crippen LogP contribution >= 0.6 is 0 Å². The molecule has 18 heavy (non-hydrogen) atoms. The SMILES string of the molecule is NCCC1CCCCN1c1n[nH]c2ccccc12. The molecule has 2 aromatic rings. The van der Waals surface area contributed by atoms with E-state index in [2.05, 4.69) is 33.3 Å². The Morgan fingerprint density at radius 2 is 2.22 bits per heavy atom. The van der Waals surface area contributed by atoms with Gasteiger partial charge in [-0.2, -0.15) is 5.10 Å². The second-order valence-corrected chi connectivity index (χ2v) is 5.01. The van der Waals surface area contributed by atoms with E-state index in [1.165, 1.54) is 24.6 Å². The standard InChI is InChI=1S/C14H20N4/c15-9-8-11-5-3-4-10-18(11)14-12-6-1-2-7-13(12)16-17-14/h1-2,6-7,11H,3-5,8-10,15H2,(H,16,17). The van der Waals surface area contributed by atoms with Crippen molar-refractivity contribution in [3.63, 3.8) is 0 Å². The Morgan fingerprint density at radius 1 is 1.33 bits per heavy atom. The summed E-state index contributed by atoms with van der Waals surface area (Å²) in [5.74, 6) is 1.10. The molecule has 4 nitrogen and oxygen atoms in total. The van der Waals surface area contributed by atoms with Crippen molar-refractivity contribution >= 4 is 16.7 Å². The molecule has 0 saturated carbocycles. The van der Waals surface area contributed by atoms with Gasteiger partial charge in [-0.05, 0) is 44.4 Å². The summed E-state index contributed by atoms with van der Waals surface area (Å²) in [5, 5.41) is 8.86. The number of aromatic nitrogens is 2. The van der Waals surface area contributed by atoms with Crippen LogP contribution in [0.4, 0.5) is 5.82 Å². The van der Waals surface area contributed by atoms with E-state index in [1.807, 2.05) is 6.07 Å². The van der Waals surface area contributed by atoms with E-state index in [0.717, 1.165) is 30.8 Å². The maximum Gasteiger partial charge on any atom is 0.158 e. The molecule has 1 aromatic heterocycles. The number of hydrogen-bond acceptors (Lipinski definition) is 3. The molecule has 1 saturated heterocycles. The first kappa shape index (κ1) is 11.5. The Hall–Kier alpha value is -1.55. The van der Waals surface area contributed by atoms with E-state index in [4.69, 9.17) is 5.73 Å². The number of benzene rings is 1. The van der Waals surface area contributed by atoms with Gasteiger partial charge in [0, 0.05) is 18.0 Å². The Kier molecular flexibility index (Phi) is 3.19. The van der Waals surface area contributed by atoms with Gasteiger partial charge in [0.15, 0.2) is 5.82 Å². The van der Waals surface area contributed by atoms with Gasteiger partial charge in [-0.3, -0.25) is 5.10 Å². The number of nitrogens with zero attached hydrogens (tertiary/aromatic N) is 2. The molecule has 0 bridgehead atoms. The molecule has 1 aromatic carbocycles. The summed E-state index contributed by atoms with van der Waals surface area (Å²) in [6, 6.07) is 8.88. The maximum atomic E-state index is 5.73. The van der Waals surface area contributed by atoms with E-state index >= 15 is 0 Å². The Morgan fingerprint density at radius 3 is 3.11 bits per heavy atom. The quantitative estimate of drug-likeness (QED) is 0.870. The number of nitrogens with two attached hydrogens (primary N) is 1. The first-order valence-electron chi connectivity index (χ1n) is 6.80. The highest BCUT2D eigenvalue weighted by Crippen LogP contribution is 2.30. The van der Waals surface area contributed by atoms with Crippen molar-refractivity contribution in [3.05, 3.63) is 24.3 Å². The van der Waals surface area contributed by atoms with Crippen molar-refractivity contribution in [1.29, 1.82) is 0 Å². The van der Waals surface area contributed by atoms with Crippen molar-refractivity contribution in [2.75, 3.05) is 18.0 Å². The molecular formula is C14H20N4. The molecule has 96 valence electrons. The number of hydrogen-bond donors (Lipinski definition) is 2. The minimum atomic E-state index is 0.551. The van der Waals surface area contributed by atoms with Crippen molar-refractivity contribution in [2.24, 2.45) is 5.73 Å². The van der Waals surface area contributed by atoms with Gasteiger partial charge < -0.3 is 10.6 Å². The van der Waals surface area contributed by atoms with E-state index in [1.54, 1.807) is 0 Å². The maximum absolute atomic E-state index is 5.73. The van der Waals surface area contributed by atoms with Gasteiger partial charge in [0.1, 0.15) is 0 Å². The van der Waals surface area contributed by atoms with Crippen LogP contribution < -0.4 is 10.6 Å². The number of H-pyrrole nitrogens is 1. The zero-order valence-corrected chi connectivity index (χ0v) is 10.6. The first-order chi connectivity index (χ1) is 8.90. The van der Waals surface area contributed by atoms with Gasteiger partial charge >= 0.3 is 0 Å². The first-order valence-corrected chi connectivity index (χ1v) is 6.80. The lowest BCUT2D eigenvalue weighted by atomic mass is 9.99. The molecule has 4 heteroatoms. The highest BCUT2D eigenvalue weighted by Gasteiger charge is 2.24. The predicted molar refractivity (Wildman–Crippen MR) is 74.8 cm³/mol. The van der Waals surface area contributed by atoms with Crippen LogP contribution in [0.1, 0.15) is 25.7 Å². The van der Waals surface area contributed by atoms with Crippen LogP contribution in [-0.4, -0.2) is 29.3 Å². The molecule has 1 atom stereocenters. The largest absolute Gasteiger partial charge is 0.352 e. The Labute approximate surface area is 107 Å². The third kappa shape index (κ3) is 1.97. The van der Waals surface area contributed by atoms with Gasteiger partial charge in [-0.1, -0.05) is 12.1 Å². The predicted octanol–water partition coefficient (Wildman–Crippen LogP) is 2.27. The highest BCUT2D eigenvalue weighted by molar-refractivity contribution is 5.90. The molecule has 2 heterocycles. The fourth-order valence-electron chi connectivity index (χ4n) is 2.94. The van der Waals surface area contributed by atoms with Crippen molar-refractivity contribution in [3.8, 4) is 0 Å². The second kappa shape index (κ2) is 4.98. The molecule has 3 rings (SSSR count). The number of fused-ring (bicyclic) bond motifs is 1. The van der Waals surface area contributed by atoms with Crippen LogP contribution in [0.3, 0.4) is 0 Å². The molecule has 0 amide bonds. The lowest BCUT2D eigenvalue weighted by Gasteiger charge is -2.36. The highest BCUT2D eigenvalue weighted by atomic mass is 15.3. The lowest BCUT2D eigenvalue weighted by molar-refractivity contribution is 0.439. The van der Waals surface area contributed by atoms with Crippen molar-refractivity contribution < 1.29 is 0 Å². The fourth-order valence-corrected chi connectivity index (χ4v) is 2.94. The minimum Gasteiger partial charge on any atom is -0.352 e. The number of piperidine rings is 1. The summed E-state index contributed by atoms with van der Waals surface area (Å²) in [4.78, 5) is 2.44. The molecule has 1 fully saturated rings. The normalized spacial score (nSPS) is 20.5. The van der Waals surface area contributed by atoms with Gasteiger partial charge in [0.05, 0.1) is 5.52 Å². The third-order valence-corrected chi connectivity index (χ3v) is 3.85. The Balaban J connectivity index is 1.96. The summed E-state index contributed by atoms with van der Waals surface area (Å²) < 4.78 is 0. The lowest BCUT2D eigenvalue weighted by Crippen LogP contribution is -2.41. The summed E-state index contributed by atoms with van der Waals surface area (Å²) in [6.07, 6.45) is 4.85. The molecule has 0 aliphatic carbocycles. The minimum absolute atomic E-state index is 0.551. The monoisotopic (exact) mass is 244 g/mol. The van der Waals surface area contributed by atoms with Crippen LogP contribution in [0.5, 0.6) is 0 Å². The van der Waals surface area contributed by atoms with Gasteiger partial charge in [-0.15, -0.1) is 0 Å². The van der Waals surface area contributed by atoms with Crippen LogP contribution in [0.15, 0.2) is 24.3 Å². The summed E-state index contributed by atoms with van der Waals surface area (Å²) in [6.45, 7) is 1.85. The molecule has 0 spiro atoms. The van der Waals surface area contributed by atoms with Crippen LogP contribution in [0, 0.1) is 0 Å².